The van der Waals surface area contributed by atoms with Crippen molar-refractivity contribution in [3.8, 4) is 5.75 Å². The van der Waals surface area contributed by atoms with Crippen molar-refractivity contribution in [2.45, 2.75) is 20.0 Å². The van der Waals surface area contributed by atoms with Crippen LogP contribution in [0.4, 0.5) is 0 Å². The Hall–Kier alpha value is -3.93. The van der Waals surface area contributed by atoms with E-state index in [1.54, 1.807) is 30.2 Å². The molecule has 1 heterocycles. The topological polar surface area (TPSA) is 75.3 Å². The number of hydrogen-bond donors (Lipinski definition) is 1. The highest BCUT2D eigenvalue weighted by atomic mass is 16.5. The highest BCUT2D eigenvalue weighted by molar-refractivity contribution is 5.94. The van der Waals surface area contributed by atoms with Crippen LogP contribution < -0.4 is 10.3 Å². The summed E-state index contributed by atoms with van der Waals surface area (Å²) in [6.07, 6.45) is 0. The van der Waals surface area contributed by atoms with Crippen LogP contribution in [0.25, 0.3) is 10.9 Å². The standard InChI is InChI=1S/C25H23N3O3/c1-17-11-13-18(14-12-17)25(30)28(15-19-7-3-6-10-22(19)31-2)16-23-26-21-9-5-4-8-20(21)24(29)27-23/h3-14H,15-16H2,1-2H3,(H,26,27,29). The minimum atomic E-state index is -0.222. The number of carbonyl (C=O) groups excluding carboxylic acids is 1. The van der Waals surface area contributed by atoms with Crippen LogP contribution in [0.1, 0.15) is 27.3 Å². The van der Waals surface area contributed by atoms with Crippen molar-refractivity contribution >= 4 is 16.8 Å². The predicted molar refractivity (Wildman–Crippen MR) is 120 cm³/mol. The minimum Gasteiger partial charge on any atom is -0.496 e. The van der Waals surface area contributed by atoms with Crippen molar-refractivity contribution in [2.75, 3.05) is 7.11 Å². The number of aromatic amines is 1. The Balaban J connectivity index is 1.72. The van der Waals surface area contributed by atoms with E-state index >= 15 is 0 Å². The molecule has 31 heavy (non-hydrogen) atoms. The smallest absolute Gasteiger partial charge is 0.258 e. The zero-order valence-electron chi connectivity index (χ0n) is 17.5. The first-order valence-corrected chi connectivity index (χ1v) is 10.0. The molecular formula is C25H23N3O3. The van der Waals surface area contributed by atoms with Gasteiger partial charge in [0.15, 0.2) is 0 Å². The molecule has 0 fully saturated rings. The van der Waals surface area contributed by atoms with Crippen molar-refractivity contribution in [3.63, 3.8) is 0 Å². The van der Waals surface area contributed by atoms with E-state index in [-0.39, 0.29) is 18.0 Å². The Morgan fingerprint density at radius 1 is 0.968 bits per heavy atom. The van der Waals surface area contributed by atoms with Gasteiger partial charge in [-0.05, 0) is 37.3 Å². The molecule has 4 rings (SSSR count). The van der Waals surface area contributed by atoms with Crippen molar-refractivity contribution in [2.24, 2.45) is 0 Å². The van der Waals surface area contributed by atoms with Gasteiger partial charge in [-0.2, -0.15) is 0 Å². The van der Waals surface area contributed by atoms with Gasteiger partial charge in [-0.3, -0.25) is 9.59 Å². The van der Waals surface area contributed by atoms with Gasteiger partial charge in [-0.1, -0.05) is 48.0 Å². The second-order valence-corrected chi connectivity index (χ2v) is 7.37. The van der Waals surface area contributed by atoms with Crippen LogP contribution in [0.3, 0.4) is 0 Å². The number of benzene rings is 3. The first-order chi connectivity index (χ1) is 15.0. The number of ether oxygens (including phenoxy) is 1. The number of carbonyl (C=O) groups is 1. The van der Waals surface area contributed by atoms with Crippen LogP contribution in [0.5, 0.6) is 5.75 Å². The third-order valence-corrected chi connectivity index (χ3v) is 5.14. The Morgan fingerprint density at radius 3 is 2.45 bits per heavy atom. The Morgan fingerprint density at radius 2 is 1.68 bits per heavy atom. The van der Waals surface area contributed by atoms with Gasteiger partial charge >= 0.3 is 0 Å². The van der Waals surface area contributed by atoms with Gasteiger partial charge < -0.3 is 14.6 Å². The molecule has 0 atom stereocenters. The zero-order valence-corrected chi connectivity index (χ0v) is 17.5. The molecule has 6 nitrogen and oxygen atoms in total. The van der Waals surface area contributed by atoms with Gasteiger partial charge in [0.05, 0.1) is 31.1 Å². The van der Waals surface area contributed by atoms with Gasteiger partial charge in [0.25, 0.3) is 11.5 Å². The number of H-pyrrole nitrogens is 1. The van der Waals surface area contributed by atoms with Crippen LogP contribution in [0.2, 0.25) is 0 Å². The molecular weight excluding hydrogens is 390 g/mol. The molecule has 1 amide bonds. The second-order valence-electron chi connectivity index (χ2n) is 7.37. The number of methoxy groups -OCH3 is 1. The predicted octanol–water partition coefficient (Wildman–Crippen LogP) is 4.08. The Kier molecular flexibility index (Phi) is 5.80. The summed E-state index contributed by atoms with van der Waals surface area (Å²) in [6.45, 7) is 2.45. The maximum atomic E-state index is 13.4. The largest absolute Gasteiger partial charge is 0.496 e. The van der Waals surface area contributed by atoms with Crippen LogP contribution in [-0.4, -0.2) is 27.9 Å². The quantitative estimate of drug-likeness (QED) is 0.517. The van der Waals surface area contributed by atoms with Crippen LogP contribution in [-0.2, 0) is 13.1 Å². The van der Waals surface area contributed by atoms with E-state index in [0.717, 1.165) is 11.1 Å². The molecule has 1 N–H and O–H groups in total. The van der Waals surface area contributed by atoms with E-state index in [1.807, 2.05) is 61.5 Å². The molecule has 3 aromatic carbocycles. The summed E-state index contributed by atoms with van der Waals surface area (Å²) in [6, 6.07) is 22.2. The molecule has 0 aliphatic heterocycles. The van der Waals surface area contributed by atoms with Crippen molar-refractivity contribution in [1.82, 2.24) is 14.9 Å². The van der Waals surface area contributed by atoms with Crippen molar-refractivity contribution in [1.29, 1.82) is 0 Å². The van der Waals surface area contributed by atoms with E-state index in [9.17, 15) is 9.59 Å². The lowest BCUT2D eigenvalue weighted by Crippen LogP contribution is -2.32. The lowest BCUT2D eigenvalue weighted by Gasteiger charge is -2.23. The summed E-state index contributed by atoms with van der Waals surface area (Å²) in [5.74, 6) is 0.977. The Labute approximate surface area is 180 Å². The first-order valence-electron chi connectivity index (χ1n) is 10.0. The summed E-state index contributed by atoms with van der Waals surface area (Å²) >= 11 is 0. The summed E-state index contributed by atoms with van der Waals surface area (Å²) in [4.78, 5) is 34.9. The van der Waals surface area contributed by atoms with E-state index in [1.165, 1.54) is 0 Å². The molecule has 0 bridgehead atoms. The molecule has 0 spiro atoms. The molecule has 0 radical (unpaired) electrons. The first kappa shape index (κ1) is 20.3. The average molecular weight is 413 g/mol. The summed E-state index contributed by atoms with van der Waals surface area (Å²) < 4.78 is 5.46. The molecule has 0 aliphatic rings. The lowest BCUT2D eigenvalue weighted by molar-refractivity contribution is 0.0724. The molecule has 0 aliphatic carbocycles. The van der Waals surface area contributed by atoms with E-state index < -0.39 is 0 Å². The van der Waals surface area contributed by atoms with Crippen LogP contribution in [0.15, 0.2) is 77.6 Å². The normalized spacial score (nSPS) is 10.8. The monoisotopic (exact) mass is 413 g/mol. The van der Waals surface area contributed by atoms with E-state index in [2.05, 4.69) is 9.97 Å². The van der Waals surface area contributed by atoms with Gasteiger partial charge in [-0.25, -0.2) is 4.98 Å². The average Bonchev–Trinajstić information content (AvgIpc) is 2.79. The number of nitrogens with one attached hydrogen (secondary N) is 1. The Bertz CT molecular complexity index is 1280. The molecule has 0 unspecified atom stereocenters. The maximum absolute atomic E-state index is 13.4. The second kappa shape index (κ2) is 8.83. The number of nitrogens with zero attached hydrogens (tertiary/aromatic N) is 2. The maximum Gasteiger partial charge on any atom is 0.258 e. The number of aryl methyl sites for hydroxylation is 1. The molecule has 4 aromatic rings. The summed E-state index contributed by atoms with van der Waals surface area (Å²) in [5.41, 5.74) is 2.90. The number of para-hydroxylation sites is 2. The van der Waals surface area contributed by atoms with E-state index in [4.69, 9.17) is 4.74 Å². The van der Waals surface area contributed by atoms with Gasteiger partial charge in [0.1, 0.15) is 11.6 Å². The lowest BCUT2D eigenvalue weighted by atomic mass is 10.1. The number of rotatable bonds is 6. The number of amides is 1. The number of fused-ring (bicyclic) bond motifs is 1. The third kappa shape index (κ3) is 4.48. The van der Waals surface area contributed by atoms with Gasteiger partial charge in [0.2, 0.25) is 0 Å². The summed E-state index contributed by atoms with van der Waals surface area (Å²) in [5, 5.41) is 0.521. The number of aromatic nitrogens is 2. The number of hydrogen-bond acceptors (Lipinski definition) is 4. The highest BCUT2D eigenvalue weighted by Gasteiger charge is 2.20. The summed E-state index contributed by atoms with van der Waals surface area (Å²) in [7, 11) is 1.60. The van der Waals surface area contributed by atoms with Crippen molar-refractivity contribution in [3.05, 3.63) is 106 Å². The fourth-order valence-corrected chi connectivity index (χ4v) is 3.51. The molecule has 156 valence electrons. The zero-order chi connectivity index (χ0) is 21.8. The van der Waals surface area contributed by atoms with Gasteiger partial charge in [0, 0.05) is 11.1 Å². The van der Waals surface area contributed by atoms with E-state index in [0.29, 0.717) is 34.6 Å². The van der Waals surface area contributed by atoms with Crippen LogP contribution in [0, 0.1) is 6.92 Å². The highest BCUT2D eigenvalue weighted by Crippen LogP contribution is 2.21. The molecule has 1 aromatic heterocycles. The minimum absolute atomic E-state index is 0.151. The van der Waals surface area contributed by atoms with Crippen molar-refractivity contribution < 1.29 is 9.53 Å². The molecule has 0 saturated carbocycles. The fourth-order valence-electron chi connectivity index (χ4n) is 3.51. The van der Waals surface area contributed by atoms with Gasteiger partial charge in [-0.15, -0.1) is 0 Å². The SMILES string of the molecule is COc1ccccc1CN(Cc1nc2ccccc2c(=O)[nH]1)C(=O)c1ccc(C)cc1. The third-order valence-electron chi connectivity index (χ3n) is 5.14. The molecule has 0 saturated heterocycles. The fraction of sp³-hybridized carbons (Fsp3) is 0.160. The molecule has 6 heteroatoms. The van der Waals surface area contributed by atoms with Crippen LogP contribution >= 0.6 is 0 Å².